The quantitative estimate of drug-likeness (QED) is 0.827. The van der Waals surface area contributed by atoms with Crippen molar-refractivity contribution in [3.05, 3.63) is 59.4 Å². The van der Waals surface area contributed by atoms with E-state index in [0.29, 0.717) is 0 Å². The first-order valence-corrected chi connectivity index (χ1v) is 5.63. The van der Waals surface area contributed by atoms with E-state index in [4.69, 9.17) is 0 Å². The molecule has 84 valence electrons. The average molecular weight is 214 g/mol. The fourth-order valence-electron chi connectivity index (χ4n) is 1.80. The van der Waals surface area contributed by atoms with E-state index >= 15 is 0 Å². The van der Waals surface area contributed by atoms with E-state index in [0.717, 1.165) is 13.1 Å². The summed E-state index contributed by atoms with van der Waals surface area (Å²) in [6.07, 6.45) is 4.32. The summed E-state index contributed by atoms with van der Waals surface area (Å²) in [6.45, 7) is 4.00. The third-order valence-electron chi connectivity index (χ3n) is 2.68. The SMILES string of the molecule is CNCc1ccn(Cc2ccc(C)cc2)c1. The van der Waals surface area contributed by atoms with Crippen LogP contribution in [0.5, 0.6) is 0 Å². The highest BCUT2D eigenvalue weighted by Gasteiger charge is 1.97. The summed E-state index contributed by atoms with van der Waals surface area (Å²) in [6, 6.07) is 10.9. The lowest BCUT2D eigenvalue weighted by Crippen LogP contribution is -2.04. The fraction of sp³-hybridized carbons (Fsp3) is 0.286. The second kappa shape index (κ2) is 4.99. The number of hydrogen-bond donors (Lipinski definition) is 1. The second-order valence-electron chi connectivity index (χ2n) is 4.21. The van der Waals surface area contributed by atoms with E-state index in [1.54, 1.807) is 0 Å². The Morgan fingerprint density at radius 1 is 1.06 bits per heavy atom. The molecule has 0 unspecified atom stereocenters. The molecule has 0 atom stereocenters. The Balaban J connectivity index is 2.05. The van der Waals surface area contributed by atoms with Gasteiger partial charge < -0.3 is 9.88 Å². The van der Waals surface area contributed by atoms with Crippen LogP contribution in [0.1, 0.15) is 16.7 Å². The van der Waals surface area contributed by atoms with Gasteiger partial charge in [-0.25, -0.2) is 0 Å². The lowest BCUT2D eigenvalue weighted by molar-refractivity contribution is 0.782. The number of rotatable bonds is 4. The van der Waals surface area contributed by atoms with Crippen LogP contribution in [0.25, 0.3) is 0 Å². The highest BCUT2D eigenvalue weighted by Crippen LogP contribution is 2.07. The normalized spacial score (nSPS) is 10.6. The number of nitrogens with zero attached hydrogens (tertiary/aromatic N) is 1. The lowest BCUT2D eigenvalue weighted by Gasteiger charge is -2.03. The molecule has 0 saturated carbocycles. The number of aromatic nitrogens is 1. The molecule has 1 aromatic carbocycles. The van der Waals surface area contributed by atoms with Gasteiger partial charge in [0.2, 0.25) is 0 Å². The van der Waals surface area contributed by atoms with Gasteiger partial charge in [0.05, 0.1) is 0 Å². The van der Waals surface area contributed by atoms with Gasteiger partial charge in [0.15, 0.2) is 0 Å². The molecular weight excluding hydrogens is 196 g/mol. The van der Waals surface area contributed by atoms with Gasteiger partial charge in [-0.1, -0.05) is 29.8 Å². The highest BCUT2D eigenvalue weighted by molar-refractivity contribution is 5.22. The summed E-state index contributed by atoms with van der Waals surface area (Å²) in [5, 5.41) is 3.16. The zero-order valence-corrected chi connectivity index (χ0v) is 9.90. The average Bonchev–Trinajstić information content (AvgIpc) is 2.70. The molecule has 0 aliphatic heterocycles. The molecule has 0 bridgehead atoms. The molecule has 1 heterocycles. The van der Waals surface area contributed by atoms with Crippen molar-refractivity contribution >= 4 is 0 Å². The number of aryl methyl sites for hydroxylation is 1. The summed E-state index contributed by atoms with van der Waals surface area (Å²) < 4.78 is 2.22. The van der Waals surface area contributed by atoms with Gasteiger partial charge in [0.25, 0.3) is 0 Å². The zero-order chi connectivity index (χ0) is 11.4. The predicted molar refractivity (Wildman–Crippen MR) is 67.5 cm³/mol. The Labute approximate surface area is 96.9 Å². The summed E-state index contributed by atoms with van der Waals surface area (Å²) in [7, 11) is 1.97. The minimum atomic E-state index is 0.931. The molecule has 0 spiro atoms. The Hall–Kier alpha value is -1.54. The number of benzene rings is 1. The van der Waals surface area contributed by atoms with Gasteiger partial charge in [-0.15, -0.1) is 0 Å². The third kappa shape index (κ3) is 2.74. The number of nitrogens with one attached hydrogen (secondary N) is 1. The molecule has 2 nitrogen and oxygen atoms in total. The lowest BCUT2D eigenvalue weighted by atomic mass is 10.1. The van der Waals surface area contributed by atoms with E-state index in [2.05, 4.69) is 59.5 Å². The first-order valence-electron chi connectivity index (χ1n) is 5.63. The van der Waals surface area contributed by atoms with Crippen molar-refractivity contribution in [3.8, 4) is 0 Å². The van der Waals surface area contributed by atoms with Gasteiger partial charge in [-0.2, -0.15) is 0 Å². The van der Waals surface area contributed by atoms with Crippen molar-refractivity contribution in [2.45, 2.75) is 20.0 Å². The zero-order valence-electron chi connectivity index (χ0n) is 9.90. The van der Waals surface area contributed by atoms with Gasteiger partial charge >= 0.3 is 0 Å². The van der Waals surface area contributed by atoms with E-state index in [9.17, 15) is 0 Å². The van der Waals surface area contributed by atoms with Gasteiger partial charge in [0.1, 0.15) is 0 Å². The summed E-state index contributed by atoms with van der Waals surface area (Å²) in [5.41, 5.74) is 3.99. The molecule has 1 aromatic heterocycles. The molecule has 0 fully saturated rings. The van der Waals surface area contributed by atoms with Gasteiger partial charge in [-0.05, 0) is 31.2 Å². The van der Waals surface area contributed by atoms with Crippen LogP contribution in [-0.2, 0) is 13.1 Å². The van der Waals surface area contributed by atoms with Crippen LogP contribution < -0.4 is 5.32 Å². The maximum absolute atomic E-state index is 3.16. The first kappa shape index (κ1) is 11.0. The minimum absolute atomic E-state index is 0.931. The van der Waals surface area contributed by atoms with Crippen molar-refractivity contribution in [1.29, 1.82) is 0 Å². The van der Waals surface area contributed by atoms with Crippen LogP contribution in [0.3, 0.4) is 0 Å². The predicted octanol–water partition coefficient (Wildman–Crippen LogP) is 2.56. The van der Waals surface area contributed by atoms with Crippen molar-refractivity contribution in [3.63, 3.8) is 0 Å². The Morgan fingerprint density at radius 3 is 2.50 bits per heavy atom. The van der Waals surface area contributed by atoms with Crippen LogP contribution >= 0.6 is 0 Å². The molecule has 16 heavy (non-hydrogen) atoms. The second-order valence-corrected chi connectivity index (χ2v) is 4.21. The molecule has 0 saturated heterocycles. The smallest absolute Gasteiger partial charge is 0.0470 e. The Bertz CT molecular complexity index is 440. The Morgan fingerprint density at radius 2 is 1.81 bits per heavy atom. The molecule has 2 heteroatoms. The molecule has 1 N–H and O–H groups in total. The minimum Gasteiger partial charge on any atom is -0.350 e. The largest absolute Gasteiger partial charge is 0.350 e. The van der Waals surface area contributed by atoms with Crippen LogP contribution in [0.15, 0.2) is 42.7 Å². The third-order valence-corrected chi connectivity index (χ3v) is 2.68. The number of hydrogen-bond acceptors (Lipinski definition) is 1. The highest BCUT2D eigenvalue weighted by atomic mass is 14.9. The van der Waals surface area contributed by atoms with E-state index in [1.807, 2.05) is 7.05 Å². The van der Waals surface area contributed by atoms with Crippen LogP contribution in [0.4, 0.5) is 0 Å². The maximum Gasteiger partial charge on any atom is 0.0470 e. The standard InChI is InChI=1S/C14H18N2/c1-12-3-5-13(6-4-12)10-16-8-7-14(11-16)9-15-2/h3-8,11,15H,9-10H2,1-2H3. The fourth-order valence-corrected chi connectivity index (χ4v) is 1.80. The van der Waals surface area contributed by atoms with Crippen LogP contribution in [0.2, 0.25) is 0 Å². The van der Waals surface area contributed by atoms with E-state index < -0.39 is 0 Å². The summed E-state index contributed by atoms with van der Waals surface area (Å²) in [4.78, 5) is 0. The summed E-state index contributed by atoms with van der Waals surface area (Å²) >= 11 is 0. The van der Waals surface area contributed by atoms with Crippen molar-refractivity contribution < 1.29 is 0 Å². The molecule has 0 amide bonds. The van der Waals surface area contributed by atoms with Crippen molar-refractivity contribution in [2.24, 2.45) is 0 Å². The molecule has 0 aliphatic rings. The Kier molecular flexibility index (Phi) is 3.42. The maximum atomic E-state index is 3.16. The van der Waals surface area contributed by atoms with Gasteiger partial charge in [0, 0.05) is 25.5 Å². The molecular formula is C14H18N2. The molecule has 0 radical (unpaired) electrons. The molecule has 2 aromatic rings. The van der Waals surface area contributed by atoms with Crippen molar-refractivity contribution in [1.82, 2.24) is 9.88 Å². The van der Waals surface area contributed by atoms with E-state index in [-0.39, 0.29) is 0 Å². The first-order chi connectivity index (χ1) is 7.78. The topological polar surface area (TPSA) is 17.0 Å². The van der Waals surface area contributed by atoms with Crippen molar-refractivity contribution in [2.75, 3.05) is 7.05 Å². The molecule has 0 aliphatic carbocycles. The molecule has 2 rings (SSSR count). The van der Waals surface area contributed by atoms with Crippen LogP contribution in [0, 0.1) is 6.92 Å². The summed E-state index contributed by atoms with van der Waals surface area (Å²) in [5.74, 6) is 0. The van der Waals surface area contributed by atoms with Gasteiger partial charge in [-0.3, -0.25) is 0 Å². The monoisotopic (exact) mass is 214 g/mol. The van der Waals surface area contributed by atoms with E-state index in [1.165, 1.54) is 16.7 Å². The van der Waals surface area contributed by atoms with Crippen LogP contribution in [-0.4, -0.2) is 11.6 Å².